The van der Waals surface area contributed by atoms with Gasteiger partial charge in [0.25, 0.3) is 5.95 Å². The van der Waals surface area contributed by atoms with Crippen molar-refractivity contribution in [1.29, 1.82) is 10.5 Å². The third-order valence-corrected chi connectivity index (χ3v) is 4.42. The van der Waals surface area contributed by atoms with E-state index in [-0.39, 0.29) is 5.82 Å². The van der Waals surface area contributed by atoms with E-state index in [2.05, 4.69) is 41.7 Å². The molecule has 0 bridgehead atoms. The Balaban J connectivity index is 0.000000194. The van der Waals surface area contributed by atoms with Gasteiger partial charge in [-0.25, -0.2) is 19.9 Å². The number of nitrogen functional groups attached to an aromatic ring is 2. The molecule has 0 aliphatic heterocycles. The van der Waals surface area contributed by atoms with E-state index >= 15 is 0 Å². The molecule has 33 heavy (non-hydrogen) atoms. The highest BCUT2D eigenvalue weighted by Gasteiger charge is 2.14. The first kappa shape index (κ1) is 22.5. The lowest BCUT2D eigenvalue weighted by molar-refractivity contribution is 0.817. The summed E-state index contributed by atoms with van der Waals surface area (Å²) in [6, 6.07) is 11.2. The summed E-state index contributed by atoms with van der Waals surface area (Å²) in [5, 5.41) is 27.7. The molecule has 6 N–H and O–H groups in total. The van der Waals surface area contributed by atoms with Crippen molar-refractivity contribution in [3.8, 4) is 18.1 Å². The third kappa shape index (κ3) is 4.92. The molecule has 164 valence electrons. The van der Waals surface area contributed by atoms with Crippen LogP contribution < -0.4 is 22.1 Å². The molecule has 12 nitrogen and oxygen atoms in total. The number of rotatable bonds is 4. The molecule has 0 aliphatic carbocycles. The molecule has 0 fully saturated rings. The van der Waals surface area contributed by atoms with Crippen LogP contribution in [0.25, 0.3) is 5.95 Å². The van der Waals surface area contributed by atoms with Crippen LogP contribution in [0.5, 0.6) is 0 Å². The van der Waals surface area contributed by atoms with Gasteiger partial charge in [0, 0.05) is 25.6 Å². The number of nitriles is 2. The summed E-state index contributed by atoms with van der Waals surface area (Å²) in [5.74, 6) is 2.20. The lowest BCUT2D eigenvalue weighted by Gasteiger charge is -2.13. The second kappa shape index (κ2) is 10.2. The molecule has 4 rings (SSSR count). The van der Waals surface area contributed by atoms with Crippen LogP contribution in [-0.2, 0) is 0 Å². The standard InChI is InChI=1S/C13H14N6.C8H6N6/c1-8-9(7-14)12(19-13(16-2)11(8)15)18-10-5-3-4-6-17-10;9-4-6-5-13-14(7(6)10)8-11-2-1-3-12-8/h3-6H,15H2,1-2H3,(H2,16,17,18,19);1-3,5H,10H2. The molecule has 12 heteroatoms. The van der Waals surface area contributed by atoms with Gasteiger partial charge in [-0.2, -0.15) is 20.3 Å². The van der Waals surface area contributed by atoms with E-state index in [0.29, 0.717) is 45.8 Å². The largest absolute Gasteiger partial charge is 0.395 e. The first-order valence-electron chi connectivity index (χ1n) is 9.57. The molecule has 0 spiro atoms. The van der Waals surface area contributed by atoms with Crippen molar-refractivity contribution in [3.05, 3.63) is 65.7 Å². The van der Waals surface area contributed by atoms with Crippen LogP contribution in [0.1, 0.15) is 16.7 Å². The average molecular weight is 440 g/mol. The van der Waals surface area contributed by atoms with Crippen LogP contribution in [0.15, 0.2) is 49.1 Å². The van der Waals surface area contributed by atoms with Crippen LogP contribution >= 0.6 is 0 Å². The van der Waals surface area contributed by atoms with Crippen molar-refractivity contribution in [3.63, 3.8) is 0 Å². The van der Waals surface area contributed by atoms with Crippen molar-refractivity contribution >= 4 is 29.0 Å². The van der Waals surface area contributed by atoms with E-state index in [9.17, 15) is 5.26 Å². The summed E-state index contributed by atoms with van der Waals surface area (Å²) in [4.78, 5) is 16.4. The maximum atomic E-state index is 9.24. The zero-order valence-electron chi connectivity index (χ0n) is 17.9. The molecule has 0 amide bonds. The van der Waals surface area contributed by atoms with E-state index in [1.165, 1.54) is 10.9 Å². The summed E-state index contributed by atoms with van der Waals surface area (Å²) in [6.45, 7) is 1.79. The zero-order chi connectivity index (χ0) is 23.8. The highest BCUT2D eigenvalue weighted by atomic mass is 15.4. The Morgan fingerprint density at radius 2 is 1.70 bits per heavy atom. The monoisotopic (exact) mass is 440 g/mol. The molecule has 4 heterocycles. The molecule has 0 radical (unpaired) electrons. The Bertz CT molecular complexity index is 1320. The molecule has 4 aromatic rings. The molecular formula is C21H20N12. The van der Waals surface area contributed by atoms with Crippen molar-refractivity contribution in [1.82, 2.24) is 29.7 Å². The number of nitrogens with one attached hydrogen (secondary N) is 2. The van der Waals surface area contributed by atoms with Crippen molar-refractivity contribution in [2.75, 3.05) is 29.1 Å². The van der Waals surface area contributed by atoms with Gasteiger partial charge >= 0.3 is 0 Å². The Morgan fingerprint density at radius 1 is 0.970 bits per heavy atom. The van der Waals surface area contributed by atoms with Gasteiger partial charge in [-0.3, -0.25) is 0 Å². The van der Waals surface area contributed by atoms with Gasteiger partial charge in [-0.15, -0.1) is 0 Å². The number of hydrogen-bond acceptors (Lipinski definition) is 11. The summed E-state index contributed by atoms with van der Waals surface area (Å²) < 4.78 is 1.32. The Hall–Kier alpha value is -5.23. The molecular weight excluding hydrogens is 420 g/mol. The first-order valence-corrected chi connectivity index (χ1v) is 9.57. The Labute approximate surface area is 189 Å². The molecule has 0 saturated heterocycles. The van der Waals surface area contributed by atoms with Gasteiger partial charge in [-0.05, 0) is 30.7 Å². The Morgan fingerprint density at radius 3 is 2.27 bits per heavy atom. The van der Waals surface area contributed by atoms with Gasteiger partial charge in [0.15, 0.2) is 11.6 Å². The lowest BCUT2D eigenvalue weighted by Crippen LogP contribution is -2.07. The average Bonchev–Trinajstić information content (AvgIpc) is 3.23. The second-order valence-electron chi connectivity index (χ2n) is 6.44. The van der Waals surface area contributed by atoms with E-state index in [1.54, 1.807) is 44.7 Å². The third-order valence-electron chi connectivity index (χ3n) is 4.42. The fourth-order valence-electron chi connectivity index (χ4n) is 2.70. The smallest absolute Gasteiger partial charge is 0.252 e. The minimum absolute atomic E-state index is 0.249. The topological polar surface area (TPSA) is 193 Å². The van der Waals surface area contributed by atoms with Crippen molar-refractivity contribution in [2.45, 2.75) is 6.92 Å². The minimum Gasteiger partial charge on any atom is -0.395 e. The maximum Gasteiger partial charge on any atom is 0.252 e. The Kier molecular flexibility index (Phi) is 6.93. The normalized spacial score (nSPS) is 9.70. The number of nitrogens with two attached hydrogens (primary N) is 2. The number of hydrogen-bond donors (Lipinski definition) is 4. The van der Waals surface area contributed by atoms with Crippen LogP contribution in [0.2, 0.25) is 0 Å². The molecule has 0 aliphatic rings. The predicted molar refractivity (Wildman–Crippen MR) is 123 cm³/mol. The van der Waals surface area contributed by atoms with Crippen LogP contribution in [0.3, 0.4) is 0 Å². The summed E-state index contributed by atoms with van der Waals surface area (Å²) in [5.41, 5.74) is 13.5. The lowest BCUT2D eigenvalue weighted by atomic mass is 10.1. The molecule has 0 saturated carbocycles. The number of pyridine rings is 2. The van der Waals surface area contributed by atoms with E-state index in [1.807, 2.05) is 18.2 Å². The molecule has 0 unspecified atom stereocenters. The van der Waals surface area contributed by atoms with Crippen molar-refractivity contribution < 1.29 is 0 Å². The SMILES string of the molecule is CNc1nc(Nc2ccccn2)c(C#N)c(C)c1N.N#Cc1cnn(-c2ncccn2)c1N. The minimum atomic E-state index is 0.249. The van der Waals surface area contributed by atoms with Crippen LogP contribution in [-0.4, -0.2) is 36.8 Å². The summed E-state index contributed by atoms with van der Waals surface area (Å²) in [6.07, 6.45) is 6.20. The van der Waals surface area contributed by atoms with E-state index in [0.717, 1.165) is 0 Å². The van der Waals surface area contributed by atoms with Crippen LogP contribution in [0, 0.1) is 29.6 Å². The summed E-state index contributed by atoms with van der Waals surface area (Å²) >= 11 is 0. The molecule has 4 aromatic heterocycles. The second-order valence-corrected chi connectivity index (χ2v) is 6.44. The highest BCUT2D eigenvalue weighted by molar-refractivity contribution is 5.76. The van der Waals surface area contributed by atoms with Crippen molar-refractivity contribution in [2.24, 2.45) is 0 Å². The maximum absolute atomic E-state index is 9.24. The number of nitrogens with zero attached hydrogens (tertiary/aromatic N) is 8. The van der Waals surface area contributed by atoms with E-state index < -0.39 is 0 Å². The van der Waals surface area contributed by atoms with Gasteiger partial charge < -0.3 is 22.1 Å². The number of aromatic nitrogens is 6. The predicted octanol–water partition coefficient (Wildman–Crippen LogP) is 2.14. The molecule has 0 aromatic carbocycles. The zero-order valence-corrected chi connectivity index (χ0v) is 17.9. The highest BCUT2D eigenvalue weighted by Crippen LogP contribution is 2.29. The van der Waals surface area contributed by atoms with Crippen LogP contribution in [0.4, 0.5) is 29.0 Å². The molecule has 0 atom stereocenters. The summed E-state index contributed by atoms with van der Waals surface area (Å²) in [7, 11) is 1.73. The first-order chi connectivity index (χ1) is 16.0. The van der Waals surface area contributed by atoms with Gasteiger partial charge in [0.1, 0.15) is 29.3 Å². The van der Waals surface area contributed by atoms with E-state index in [4.69, 9.17) is 16.7 Å². The fourth-order valence-corrected chi connectivity index (χ4v) is 2.70. The van der Waals surface area contributed by atoms with Gasteiger partial charge in [0.05, 0.1) is 17.4 Å². The van der Waals surface area contributed by atoms with Gasteiger partial charge in [-0.1, -0.05) is 6.07 Å². The van der Waals surface area contributed by atoms with Gasteiger partial charge in [0.2, 0.25) is 0 Å². The quantitative estimate of drug-likeness (QED) is 0.363. The fraction of sp³-hybridized carbons (Fsp3) is 0.0952. The number of anilines is 5.